The molecule has 31 heavy (non-hydrogen) atoms. The third-order valence-corrected chi connectivity index (χ3v) is 12.0. The Bertz CT molecular complexity index is 716. The molecular formula is C27H44O4. The van der Waals surface area contributed by atoms with Crippen LogP contribution in [0, 0.1) is 52.3 Å². The maximum Gasteiger partial charge on any atom is 0.171 e. The molecule has 13 atom stereocenters. The first kappa shape index (κ1) is 21.4. The third kappa shape index (κ3) is 2.80. The van der Waals surface area contributed by atoms with Crippen molar-refractivity contribution in [3.63, 3.8) is 0 Å². The number of hydrogen-bond acceptors (Lipinski definition) is 4. The first-order valence-electron chi connectivity index (χ1n) is 13.4. The number of rotatable bonds is 0. The summed E-state index contributed by atoms with van der Waals surface area (Å²) in [5, 5.41) is 20.9. The summed E-state index contributed by atoms with van der Waals surface area (Å²) in [5.74, 6) is 4.21. The lowest BCUT2D eigenvalue weighted by Crippen LogP contribution is -2.57. The molecule has 0 aromatic heterocycles. The van der Waals surface area contributed by atoms with E-state index in [0.717, 1.165) is 37.7 Å². The highest BCUT2D eigenvalue weighted by molar-refractivity contribution is 5.15. The highest BCUT2D eigenvalue weighted by Crippen LogP contribution is 2.71. The summed E-state index contributed by atoms with van der Waals surface area (Å²) in [6, 6.07) is 0. The van der Waals surface area contributed by atoms with Gasteiger partial charge >= 0.3 is 0 Å². The van der Waals surface area contributed by atoms with Gasteiger partial charge < -0.3 is 19.7 Å². The van der Waals surface area contributed by atoms with E-state index in [4.69, 9.17) is 9.47 Å². The molecule has 176 valence electrons. The highest BCUT2D eigenvalue weighted by Gasteiger charge is 2.69. The van der Waals surface area contributed by atoms with Crippen molar-refractivity contribution in [1.29, 1.82) is 0 Å². The van der Waals surface area contributed by atoms with Crippen molar-refractivity contribution >= 4 is 0 Å². The maximum atomic E-state index is 10.6. The van der Waals surface area contributed by atoms with Gasteiger partial charge in [0.1, 0.15) is 0 Å². The number of aliphatic hydroxyl groups excluding tert-OH is 2. The zero-order chi connectivity index (χ0) is 21.8. The topological polar surface area (TPSA) is 58.9 Å². The molecule has 4 saturated carbocycles. The lowest BCUT2D eigenvalue weighted by molar-refractivity contribution is -0.273. The summed E-state index contributed by atoms with van der Waals surface area (Å²) in [6.45, 7) is 10.6. The Labute approximate surface area is 188 Å². The first-order valence-corrected chi connectivity index (χ1v) is 13.4. The Morgan fingerprint density at radius 3 is 2.39 bits per heavy atom. The van der Waals surface area contributed by atoms with Crippen LogP contribution in [-0.2, 0) is 9.47 Å². The van der Waals surface area contributed by atoms with Crippen molar-refractivity contribution in [2.45, 2.75) is 110 Å². The van der Waals surface area contributed by atoms with Crippen molar-refractivity contribution in [2.75, 3.05) is 6.61 Å². The molecule has 2 N–H and O–H groups in total. The second-order valence-corrected chi connectivity index (χ2v) is 13.2. The van der Waals surface area contributed by atoms with E-state index >= 15 is 0 Å². The van der Waals surface area contributed by atoms with Gasteiger partial charge in [0.2, 0.25) is 0 Å². The molecule has 0 aromatic carbocycles. The Hall–Kier alpha value is -0.160. The zero-order valence-electron chi connectivity index (χ0n) is 20.1. The molecule has 0 aromatic rings. The van der Waals surface area contributed by atoms with Gasteiger partial charge in [0, 0.05) is 12.3 Å². The van der Waals surface area contributed by atoms with Gasteiger partial charge in [-0.05, 0) is 97.7 Å². The van der Waals surface area contributed by atoms with E-state index < -0.39 is 12.2 Å². The van der Waals surface area contributed by atoms with E-state index in [1.54, 1.807) is 0 Å². The molecule has 4 heteroatoms. The smallest absolute Gasteiger partial charge is 0.171 e. The van der Waals surface area contributed by atoms with E-state index in [1.165, 1.54) is 38.5 Å². The summed E-state index contributed by atoms with van der Waals surface area (Å²) in [4.78, 5) is 0. The van der Waals surface area contributed by atoms with E-state index in [2.05, 4.69) is 27.7 Å². The van der Waals surface area contributed by atoms with Gasteiger partial charge in [-0.3, -0.25) is 0 Å². The molecule has 1 spiro atoms. The van der Waals surface area contributed by atoms with Crippen LogP contribution >= 0.6 is 0 Å². The Kier molecular flexibility index (Phi) is 4.78. The van der Waals surface area contributed by atoms with E-state index in [-0.39, 0.29) is 11.2 Å². The quantitative estimate of drug-likeness (QED) is 0.579. The molecule has 2 saturated heterocycles. The standard InChI is InChI=1S/C27H44O4/c1-15-7-10-27(30-14-15)16(2)24-23(31-27)12-20-18-6-5-17-11-21(28)22(29)13-26(17,4)19(18)8-9-25(20,24)3/h15-24,28-29H,5-14H2,1-4H3/t15-,16+,17+,18+,19-,20-,21-,22-,23+,24+,25-,26-,27+/m0/s1. The van der Waals surface area contributed by atoms with Crippen LogP contribution in [0.4, 0.5) is 0 Å². The fourth-order valence-electron chi connectivity index (χ4n) is 10.3. The van der Waals surface area contributed by atoms with Gasteiger partial charge in [-0.15, -0.1) is 0 Å². The number of aliphatic hydroxyl groups is 2. The van der Waals surface area contributed by atoms with Gasteiger partial charge in [-0.25, -0.2) is 0 Å². The fraction of sp³-hybridized carbons (Fsp3) is 1.00. The lowest BCUT2D eigenvalue weighted by Gasteiger charge is -2.61. The van der Waals surface area contributed by atoms with E-state index in [1.807, 2.05) is 0 Å². The van der Waals surface area contributed by atoms with Crippen LogP contribution in [0.15, 0.2) is 0 Å². The molecule has 6 rings (SSSR count). The molecule has 2 aliphatic heterocycles. The Morgan fingerprint density at radius 2 is 1.65 bits per heavy atom. The Morgan fingerprint density at radius 1 is 0.839 bits per heavy atom. The van der Waals surface area contributed by atoms with E-state index in [0.29, 0.717) is 41.1 Å². The highest BCUT2D eigenvalue weighted by atomic mass is 16.7. The monoisotopic (exact) mass is 432 g/mol. The van der Waals surface area contributed by atoms with Crippen LogP contribution < -0.4 is 0 Å². The van der Waals surface area contributed by atoms with Crippen molar-refractivity contribution in [3.8, 4) is 0 Å². The Balaban J connectivity index is 1.26. The maximum absolute atomic E-state index is 10.6. The van der Waals surface area contributed by atoms with Crippen LogP contribution in [0.3, 0.4) is 0 Å². The summed E-state index contributed by atoms with van der Waals surface area (Å²) in [7, 11) is 0. The van der Waals surface area contributed by atoms with Crippen LogP contribution in [-0.4, -0.2) is 40.9 Å². The SMILES string of the molecule is C[C@H]1CC[C@@]2(OC1)O[C@@H]1C[C@H]3[C@@H]4CC[C@@H]5C[C@H](O)[C@@H](O)C[C@]5(C)[C@H]4CC[C@]3(C)[C@@H]1[C@H]2C. The largest absolute Gasteiger partial charge is 0.390 e. The number of hydrogen-bond donors (Lipinski definition) is 2. The predicted molar refractivity (Wildman–Crippen MR) is 119 cm³/mol. The second kappa shape index (κ2) is 6.93. The zero-order valence-corrected chi connectivity index (χ0v) is 20.1. The summed E-state index contributed by atoms with van der Waals surface area (Å²) in [6.07, 6.45) is 9.51. The van der Waals surface area contributed by atoms with Crippen molar-refractivity contribution < 1.29 is 19.7 Å². The van der Waals surface area contributed by atoms with Gasteiger partial charge in [0.05, 0.1) is 24.9 Å². The average Bonchev–Trinajstić information content (AvgIpc) is 3.16. The van der Waals surface area contributed by atoms with Crippen LogP contribution in [0.5, 0.6) is 0 Å². The molecule has 2 heterocycles. The fourth-order valence-corrected chi connectivity index (χ4v) is 10.3. The number of ether oxygens (including phenoxy) is 2. The molecule has 0 radical (unpaired) electrons. The van der Waals surface area contributed by atoms with Gasteiger partial charge in [-0.1, -0.05) is 27.7 Å². The molecule has 0 amide bonds. The minimum absolute atomic E-state index is 0.191. The molecule has 6 aliphatic rings. The molecule has 0 unspecified atom stereocenters. The first-order chi connectivity index (χ1) is 14.7. The molecule has 0 bridgehead atoms. The predicted octanol–water partition coefficient (Wildman–Crippen LogP) is 4.76. The van der Waals surface area contributed by atoms with E-state index in [9.17, 15) is 10.2 Å². The normalized spacial score (nSPS) is 63.3. The minimum Gasteiger partial charge on any atom is -0.390 e. The second-order valence-electron chi connectivity index (χ2n) is 13.2. The van der Waals surface area contributed by atoms with Gasteiger partial charge in [0.25, 0.3) is 0 Å². The van der Waals surface area contributed by atoms with Crippen molar-refractivity contribution in [2.24, 2.45) is 52.3 Å². The third-order valence-electron chi connectivity index (χ3n) is 12.0. The summed E-state index contributed by atoms with van der Waals surface area (Å²) >= 11 is 0. The van der Waals surface area contributed by atoms with Crippen LogP contribution in [0.25, 0.3) is 0 Å². The van der Waals surface area contributed by atoms with Crippen molar-refractivity contribution in [1.82, 2.24) is 0 Å². The van der Waals surface area contributed by atoms with Crippen molar-refractivity contribution in [3.05, 3.63) is 0 Å². The molecule has 6 fully saturated rings. The number of fused-ring (bicyclic) bond motifs is 7. The molecule has 4 aliphatic carbocycles. The van der Waals surface area contributed by atoms with Gasteiger partial charge in [0.15, 0.2) is 5.79 Å². The average molecular weight is 433 g/mol. The van der Waals surface area contributed by atoms with Crippen LogP contribution in [0.2, 0.25) is 0 Å². The minimum atomic E-state index is -0.537. The van der Waals surface area contributed by atoms with Gasteiger partial charge in [-0.2, -0.15) is 0 Å². The summed E-state index contributed by atoms with van der Waals surface area (Å²) < 4.78 is 13.3. The molecular weight excluding hydrogens is 388 g/mol. The van der Waals surface area contributed by atoms with Crippen LogP contribution in [0.1, 0.15) is 85.5 Å². The lowest BCUT2D eigenvalue weighted by atomic mass is 9.44. The summed E-state index contributed by atoms with van der Waals surface area (Å²) in [5.41, 5.74) is 0.550. The molecule has 4 nitrogen and oxygen atoms in total.